The molecule has 1 aromatic heterocycles. The molecule has 3 aromatic rings. The Hall–Kier alpha value is -4.67. The third-order valence-corrected chi connectivity index (χ3v) is 5.01. The van der Waals surface area contributed by atoms with Crippen LogP contribution in [0.15, 0.2) is 53.1 Å². The van der Waals surface area contributed by atoms with Crippen molar-refractivity contribution in [2.75, 3.05) is 40.4 Å². The van der Waals surface area contributed by atoms with Gasteiger partial charge in [-0.15, -0.1) is 0 Å². The summed E-state index contributed by atoms with van der Waals surface area (Å²) in [7, 11) is 5.85. The Bertz CT molecular complexity index is 1220. The fraction of sp³-hybridized carbons (Fsp3) is 0.240. The van der Waals surface area contributed by atoms with Crippen LogP contribution in [0, 0.1) is 0 Å². The van der Waals surface area contributed by atoms with E-state index in [0.29, 0.717) is 11.5 Å². The molecule has 2 amide bonds. The van der Waals surface area contributed by atoms with Gasteiger partial charge in [0.1, 0.15) is 0 Å². The van der Waals surface area contributed by atoms with Gasteiger partial charge in [0.15, 0.2) is 35.4 Å². The predicted molar refractivity (Wildman–Crippen MR) is 128 cm³/mol. The van der Waals surface area contributed by atoms with Crippen LogP contribution in [0.4, 0.5) is 5.69 Å². The predicted octanol–water partition coefficient (Wildman–Crippen LogP) is 3.04. The van der Waals surface area contributed by atoms with Gasteiger partial charge in [0.05, 0.1) is 46.0 Å². The quantitative estimate of drug-likeness (QED) is 0.383. The second-order valence-corrected chi connectivity index (χ2v) is 7.23. The smallest absolute Gasteiger partial charge is 0.340 e. The average Bonchev–Trinajstić information content (AvgIpc) is 3.45. The molecule has 0 saturated heterocycles. The average molecular weight is 498 g/mol. The van der Waals surface area contributed by atoms with Crippen LogP contribution in [-0.2, 0) is 16.1 Å². The summed E-state index contributed by atoms with van der Waals surface area (Å²) in [6.45, 7) is -0.371. The molecule has 0 unspecified atom stereocenters. The number of ether oxygens (including phenoxy) is 5. The van der Waals surface area contributed by atoms with Crippen molar-refractivity contribution in [1.82, 2.24) is 5.32 Å². The third-order valence-electron chi connectivity index (χ3n) is 5.01. The number of anilines is 1. The van der Waals surface area contributed by atoms with E-state index >= 15 is 0 Å². The molecule has 0 radical (unpaired) electrons. The molecule has 2 N–H and O–H groups in total. The van der Waals surface area contributed by atoms with Crippen molar-refractivity contribution in [1.29, 1.82) is 0 Å². The van der Waals surface area contributed by atoms with Crippen LogP contribution in [0.2, 0.25) is 0 Å². The van der Waals surface area contributed by atoms with E-state index in [2.05, 4.69) is 10.6 Å². The van der Waals surface area contributed by atoms with Crippen molar-refractivity contribution < 1.29 is 42.5 Å². The minimum atomic E-state index is -0.855. The lowest BCUT2D eigenvalue weighted by Crippen LogP contribution is -2.28. The fourth-order valence-corrected chi connectivity index (χ4v) is 3.19. The molecule has 0 aliphatic carbocycles. The number of nitrogens with one attached hydrogen (secondary N) is 2. The SMILES string of the molecule is COc1ccc(CNC(=O)COC(=O)c2cc(OC)c(OC)cc2NC(=O)c2ccco2)cc1OC. The van der Waals surface area contributed by atoms with Gasteiger partial charge in [-0.3, -0.25) is 9.59 Å². The molecule has 0 fully saturated rings. The van der Waals surface area contributed by atoms with Gasteiger partial charge in [-0.05, 0) is 29.8 Å². The number of hydrogen-bond donors (Lipinski definition) is 2. The Balaban J connectivity index is 1.68. The summed E-state index contributed by atoms with van der Waals surface area (Å²) in [4.78, 5) is 37.6. The van der Waals surface area contributed by atoms with Crippen LogP contribution in [0.25, 0.3) is 0 Å². The molecule has 0 spiro atoms. The highest BCUT2D eigenvalue weighted by Crippen LogP contribution is 2.34. The van der Waals surface area contributed by atoms with E-state index in [0.717, 1.165) is 5.56 Å². The topological polar surface area (TPSA) is 135 Å². The molecular weight excluding hydrogens is 472 g/mol. The van der Waals surface area contributed by atoms with Crippen LogP contribution < -0.4 is 29.6 Å². The largest absolute Gasteiger partial charge is 0.493 e. The van der Waals surface area contributed by atoms with Crippen molar-refractivity contribution in [3.05, 3.63) is 65.6 Å². The first kappa shape index (κ1) is 25.9. The summed E-state index contributed by atoms with van der Waals surface area (Å²) < 4.78 is 31.2. The van der Waals surface area contributed by atoms with Crippen molar-refractivity contribution >= 4 is 23.5 Å². The van der Waals surface area contributed by atoms with Crippen molar-refractivity contribution in [3.8, 4) is 23.0 Å². The zero-order chi connectivity index (χ0) is 26.1. The first-order valence-corrected chi connectivity index (χ1v) is 10.7. The summed E-state index contributed by atoms with van der Waals surface area (Å²) in [5.41, 5.74) is 0.806. The van der Waals surface area contributed by atoms with Crippen LogP contribution in [0.5, 0.6) is 23.0 Å². The number of benzene rings is 2. The second kappa shape index (κ2) is 12.2. The summed E-state index contributed by atoms with van der Waals surface area (Å²) in [5, 5.41) is 5.24. The lowest BCUT2D eigenvalue weighted by atomic mass is 10.1. The summed E-state index contributed by atoms with van der Waals surface area (Å²) in [6.07, 6.45) is 1.35. The maximum absolute atomic E-state index is 12.8. The van der Waals surface area contributed by atoms with E-state index in [1.807, 2.05) is 0 Å². The van der Waals surface area contributed by atoms with Gasteiger partial charge in [0.25, 0.3) is 11.8 Å². The zero-order valence-electron chi connectivity index (χ0n) is 20.2. The lowest BCUT2D eigenvalue weighted by Gasteiger charge is -2.15. The minimum Gasteiger partial charge on any atom is -0.493 e. The number of carbonyl (C=O) groups is 3. The van der Waals surface area contributed by atoms with Crippen molar-refractivity contribution in [2.24, 2.45) is 0 Å². The minimum absolute atomic E-state index is 0.0404. The van der Waals surface area contributed by atoms with Crippen molar-refractivity contribution in [3.63, 3.8) is 0 Å². The van der Waals surface area contributed by atoms with Crippen molar-refractivity contribution in [2.45, 2.75) is 6.54 Å². The normalized spacial score (nSPS) is 10.2. The highest BCUT2D eigenvalue weighted by Gasteiger charge is 2.22. The molecule has 0 saturated carbocycles. The maximum Gasteiger partial charge on any atom is 0.340 e. The number of esters is 1. The molecule has 11 heteroatoms. The number of carbonyl (C=O) groups excluding carboxylic acids is 3. The molecule has 0 aliphatic heterocycles. The Morgan fingerprint density at radius 3 is 2.14 bits per heavy atom. The number of amides is 2. The Kier molecular flexibility index (Phi) is 8.76. The Morgan fingerprint density at radius 1 is 0.833 bits per heavy atom. The van der Waals surface area contributed by atoms with E-state index in [-0.39, 0.29) is 35.1 Å². The summed E-state index contributed by atoms with van der Waals surface area (Å²) >= 11 is 0. The van der Waals surface area contributed by atoms with Gasteiger partial charge in [0, 0.05) is 18.7 Å². The zero-order valence-corrected chi connectivity index (χ0v) is 20.2. The monoisotopic (exact) mass is 498 g/mol. The molecule has 190 valence electrons. The lowest BCUT2D eigenvalue weighted by molar-refractivity contribution is -0.124. The Morgan fingerprint density at radius 2 is 1.50 bits per heavy atom. The van der Waals surface area contributed by atoms with Gasteiger partial charge in [0.2, 0.25) is 0 Å². The van der Waals surface area contributed by atoms with Crippen LogP contribution in [0.1, 0.15) is 26.5 Å². The highest BCUT2D eigenvalue weighted by molar-refractivity contribution is 6.07. The molecule has 11 nitrogen and oxygen atoms in total. The van der Waals surface area contributed by atoms with Crippen LogP contribution >= 0.6 is 0 Å². The number of hydrogen-bond acceptors (Lipinski definition) is 9. The fourth-order valence-electron chi connectivity index (χ4n) is 3.19. The summed E-state index contributed by atoms with van der Waals surface area (Å²) in [6, 6.07) is 11.0. The first-order chi connectivity index (χ1) is 17.4. The highest BCUT2D eigenvalue weighted by atomic mass is 16.5. The Labute approximate surface area is 207 Å². The molecule has 1 heterocycles. The molecule has 0 bridgehead atoms. The van der Waals surface area contributed by atoms with E-state index in [4.69, 9.17) is 28.1 Å². The van der Waals surface area contributed by atoms with Gasteiger partial charge in [-0.2, -0.15) is 0 Å². The van der Waals surface area contributed by atoms with Gasteiger partial charge in [-0.25, -0.2) is 4.79 Å². The van der Waals surface area contributed by atoms with Crippen LogP contribution in [-0.4, -0.2) is 52.8 Å². The van der Waals surface area contributed by atoms with E-state index < -0.39 is 24.4 Å². The second-order valence-electron chi connectivity index (χ2n) is 7.23. The molecular formula is C25H26N2O9. The molecule has 0 aliphatic rings. The molecule has 36 heavy (non-hydrogen) atoms. The number of methoxy groups -OCH3 is 4. The van der Waals surface area contributed by atoms with Crippen LogP contribution in [0.3, 0.4) is 0 Å². The van der Waals surface area contributed by atoms with E-state index in [1.54, 1.807) is 24.3 Å². The third kappa shape index (κ3) is 6.26. The standard InChI is InChI=1S/C25H26N2O9/c1-31-18-8-7-15(10-20(18)32-2)13-26-23(28)14-36-25(30)16-11-21(33-3)22(34-4)12-17(16)27-24(29)19-6-5-9-35-19/h5-12H,13-14H2,1-4H3,(H,26,28)(H,27,29). The van der Waals surface area contributed by atoms with E-state index in [9.17, 15) is 14.4 Å². The first-order valence-electron chi connectivity index (χ1n) is 10.7. The number of rotatable bonds is 11. The van der Waals surface area contributed by atoms with Gasteiger partial charge in [-0.1, -0.05) is 6.07 Å². The molecule has 3 rings (SSSR count). The number of furan rings is 1. The van der Waals surface area contributed by atoms with E-state index in [1.165, 1.54) is 52.9 Å². The molecule has 2 aromatic carbocycles. The van der Waals surface area contributed by atoms with Gasteiger partial charge >= 0.3 is 5.97 Å². The molecule has 0 atom stereocenters. The van der Waals surface area contributed by atoms with Gasteiger partial charge < -0.3 is 38.7 Å². The summed E-state index contributed by atoms with van der Waals surface area (Å²) in [5.74, 6) is -0.339. The maximum atomic E-state index is 12.8.